The van der Waals surface area contributed by atoms with Gasteiger partial charge in [-0.3, -0.25) is 0 Å². The van der Waals surface area contributed by atoms with Gasteiger partial charge in [-0.2, -0.15) is 0 Å². The highest BCUT2D eigenvalue weighted by Crippen LogP contribution is 2.08. The molecule has 2 unspecified atom stereocenters. The lowest BCUT2D eigenvalue weighted by atomic mass is 10.0. The molecule has 3 nitrogen and oxygen atoms in total. The Hall–Kier alpha value is -0.120. The number of hydrogen-bond donors (Lipinski definition) is 2. The standard InChI is InChI=1S/C13H29NO2/c1-7-12(10(2)3)14-8-11(15)9-16-13(4,5)6/h10-12,14-15H,7-9H2,1-6H3. The van der Waals surface area contributed by atoms with Gasteiger partial charge in [0.15, 0.2) is 0 Å². The zero-order valence-electron chi connectivity index (χ0n) is 11.7. The van der Waals surface area contributed by atoms with Crippen LogP contribution in [0, 0.1) is 5.92 Å². The third kappa shape index (κ3) is 8.08. The molecular formula is C13H29NO2. The van der Waals surface area contributed by atoms with Crippen molar-refractivity contribution in [1.82, 2.24) is 5.32 Å². The molecule has 0 aromatic heterocycles. The molecule has 0 bridgehead atoms. The van der Waals surface area contributed by atoms with Crippen LogP contribution >= 0.6 is 0 Å². The van der Waals surface area contributed by atoms with Crippen molar-refractivity contribution in [3.8, 4) is 0 Å². The third-order valence-electron chi connectivity index (χ3n) is 2.57. The minimum atomic E-state index is -0.424. The SMILES string of the molecule is CCC(NCC(O)COC(C)(C)C)C(C)C. The van der Waals surface area contributed by atoms with Crippen LogP contribution in [0.2, 0.25) is 0 Å². The molecule has 0 saturated heterocycles. The monoisotopic (exact) mass is 231 g/mol. The van der Waals surface area contributed by atoms with E-state index in [1.165, 1.54) is 0 Å². The molecule has 2 atom stereocenters. The smallest absolute Gasteiger partial charge is 0.0898 e. The zero-order chi connectivity index (χ0) is 12.8. The van der Waals surface area contributed by atoms with Gasteiger partial charge >= 0.3 is 0 Å². The van der Waals surface area contributed by atoms with E-state index in [1.807, 2.05) is 20.8 Å². The fraction of sp³-hybridized carbons (Fsp3) is 1.00. The molecule has 98 valence electrons. The number of hydrogen-bond acceptors (Lipinski definition) is 3. The second-order valence-corrected chi connectivity index (χ2v) is 5.74. The highest BCUT2D eigenvalue weighted by Gasteiger charge is 2.15. The van der Waals surface area contributed by atoms with Crippen LogP contribution in [0.1, 0.15) is 48.0 Å². The summed E-state index contributed by atoms with van der Waals surface area (Å²) in [7, 11) is 0. The molecule has 0 aliphatic heterocycles. The average molecular weight is 231 g/mol. The summed E-state index contributed by atoms with van der Waals surface area (Å²) >= 11 is 0. The fourth-order valence-corrected chi connectivity index (χ4v) is 1.54. The molecular weight excluding hydrogens is 202 g/mol. The zero-order valence-corrected chi connectivity index (χ0v) is 11.7. The number of ether oxygens (including phenoxy) is 1. The summed E-state index contributed by atoms with van der Waals surface area (Å²) in [5.74, 6) is 0.598. The van der Waals surface area contributed by atoms with E-state index in [2.05, 4.69) is 26.1 Å². The highest BCUT2D eigenvalue weighted by atomic mass is 16.5. The van der Waals surface area contributed by atoms with Crippen molar-refractivity contribution in [2.45, 2.75) is 65.7 Å². The van der Waals surface area contributed by atoms with Crippen molar-refractivity contribution in [1.29, 1.82) is 0 Å². The quantitative estimate of drug-likeness (QED) is 0.705. The summed E-state index contributed by atoms with van der Waals surface area (Å²) in [5.41, 5.74) is -0.177. The summed E-state index contributed by atoms with van der Waals surface area (Å²) in [6.45, 7) is 13.5. The Balaban J connectivity index is 3.75. The Morgan fingerprint density at radius 1 is 1.25 bits per heavy atom. The van der Waals surface area contributed by atoms with Gasteiger partial charge in [-0.05, 0) is 33.1 Å². The molecule has 0 aromatic rings. The maximum atomic E-state index is 9.75. The predicted molar refractivity (Wildman–Crippen MR) is 68.6 cm³/mol. The lowest BCUT2D eigenvalue weighted by Crippen LogP contribution is -2.40. The van der Waals surface area contributed by atoms with Crippen LogP contribution in [0.3, 0.4) is 0 Å². The van der Waals surface area contributed by atoms with E-state index in [1.54, 1.807) is 0 Å². The molecule has 16 heavy (non-hydrogen) atoms. The number of nitrogens with one attached hydrogen (secondary N) is 1. The van der Waals surface area contributed by atoms with E-state index >= 15 is 0 Å². The second kappa shape index (κ2) is 7.25. The normalized spacial score (nSPS) is 16.5. The Bertz CT molecular complexity index is 175. The highest BCUT2D eigenvalue weighted by molar-refractivity contribution is 4.71. The van der Waals surface area contributed by atoms with Crippen LogP contribution in [0.25, 0.3) is 0 Å². The fourth-order valence-electron chi connectivity index (χ4n) is 1.54. The Kier molecular flexibility index (Phi) is 7.20. The van der Waals surface area contributed by atoms with Crippen LogP contribution < -0.4 is 5.32 Å². The topological polar surface area (TPSA) is 41.5 Å². The molecule has 0 aliphatic rings. The first kappa shape index (κ1) is 15.9. The first-order valence-corrected chi connectivity index (χ1v) is 6.31. The summed E-state index contributed by atoms with van der Waals surface area (Å²) in [6, 6.07) is 0.476. The lowest BCUT2D eigenvalue weighted by molar-refractivity contribution is -0.0486. The number of aliphatic hydroxyl groups excluding tert-OH is 1. The third-order valence-corrected chi connectivity index (χ3v) is 2.57. The van der Waals surface area contributed by atoms with Crippen LogP contribution in [0.5, 0.6) is 0 Å². The van der Waals surface area contributed by atoms with Gasteiger partial charge < -0.3 is 15.2 Å². The van der Waals surface area contributed by atoms with E-state index in [0.717, 1.165) is 6.42 Å². The van der Waals surface area contributed by atoms with Crippen LogP contribution in [-0.4, -0.2) is 36.0 Å². The van der Waals surface area contributed by atoms with E-state index in [0.29, 0.717) is 25.1 Å². The first-order valence-electron chi connectivity index (χ1n) is 6.31. The Morgan fingerprint density at radius 2 is 1.81 bits per heavy atom. The molecule has 3 heteroatoms. The van der Waals surface area contributed by atoms with Gasteiger partial charge in [0.2, 0.25) is 0 Å². The molecule has 0 radical (unpaired) electrons. The van der Waals surface area contributed by atoms with Gasteiger partial charge in [0.1, 0.15) is 0 Å². The number of aliphatic hydroxyl groups is 1. The van der Waals surface area contributed by atoms with Gasteiger partial charge in [-0.25, -0.2) is 0 Å². The van der Waals surface area contributed by atoms with Crippen molar-refractivity contribution in [2.75, 3.05) is 13.2 Å². The predicted octanol–water partition coefficient (Wildman–Crippen LogP) is 2.19. The first-order chi connectivity index (χ1) is 7.26. The lowest BCUT2D eigenvalue weighted by Gasteiger charge is -2.25. The molecule has 0 fully saturated rings. The van der Waals surface area contributed by atoms with Gasteiger partial charge in [0, 0.05) is 12.6 Å². The van der Waals surface area contributed by atoms with E-state index in [-0.39, 0.29) is 5.60 Å². The van der Waals surface area contributed by atoms with Gasteiger partial charge in [0.05, 0.1) is 18.3 Å². The molecule has 0 aliphatic carbocycles. The van der Waals surface area contributed by atoms with Crippen molar-refractivity contribution < 1.29 is 9.84 Å². The number of rotatable bonds is 7. The molecule has 0 spiro atoms. The van der Waals surface area contributed by atoms with Crippen molar-refractivity contribution >= 4 is 0 Å². The molecule has 0 rings (SSSR count). The summed E-state index contributed by atoms with van der Waals surface area (Å²) in [6.07, 6.45) is 0.664. The average Bonchev–Trinajstić information content (AvgIpc) is 2.14. The minimum absolute atomic E-state index is 0.177. The van der Waals surface area contributed by atoms with Gasteiger partial charge in [-0.15, -0.1) is 0 Å². The molecule has 0 aromatic carbocycles. The van der Waals surface area contributed by atoms with Crippen LogP contribution in [0.4, 0.5) is 0 Å². The summed E-state index contributed by atoms with van der Waals surface area (Å²) < 4.78 is 5.53. The minimum Gasteiger partial charge on any atom is -0.389 e. The van der Waals surface area contributed by atoms with Gasteiger partial charge in [-0.1, -0.05) is 20.8 Å². The molecule has 0 heterocycles. The maximum absolute atomic E-state index is 9.75. The Labute approximate surface area is 101 Å². The van der Waals surface area contributed by atoms with Gasteiger partial charge in [0.25, 0.3) is 0 Å². The van der Waals surface area contributed by atoms with Crippen molar-refractivity contribution in [3.05, 3.63) is 0 Å². The van der Waals surface area contributed by atoms with E-state index in [4.69, 9.17) is 4.74 Å². The largest absolute Gasteiger partial charge is 0.389 e. The molecule has 0 saturated carbocycles. The van der Waals surface area contributed by atoms with E-state index in [9.17, 15) is 5.11 Å². The van der Waals surface area contributed by atoms with Crippen molar-refractivity contribution in [2.24, 2.45) is 5.92 Å². The second-order valence-electron chi connectivity index (χ2n) is 5.74. The Morgan fingerprint density at radius 3 is 2.19 bits per heavy atom. The van der Waals surface area contributed by atoms with Crippen LogP contribution in [0.15, 0.2) is 0 Å². The summed E-state index contributed by atoms with van der Waals surface area (Å²) in [4.78, 5) is 0. The molecule has 2 N–H and O–H groups in total. The van der Waals surface area contributed by atoms with Crippen LogP contribution in [-0.2, 0) is 4.74 Å². The van der Waals surface area contributed by atoms with Crippen molar-refractivity contribution in [3.63, 3.8) is 0 Å². The maximum Gasteiger partial charge on any atom is 0.0898 e. The summed E-state index contributed by atoms with van der Waals surface area (Å²) in [5, 5.41) is 13.1. The van der Waals surface area contributed by atoms with E-state index < -0.39 is 6.10 Å². The molecule has 0 amide bonds.